The molecule has 0 aliphatic heterocycles. The van der Waals surface area contributed by atoms with E-state index in [2.05, 4.69) is 25.9 Å². The molecule has 1 N–H and O–H groups in total. The summed E-state index contributed by atoms with van der Waals surface area (Å²) in [6, 6.07) is 1.36. The molecule has 0 aliphatic carbocycles. The van der Waals surface area contributed by atoms with E-state index in [1.165, 1.54) is 12.3 Å². The third-order valence-electron chi connectivity index (χ3n) is 1.04. The van der Waals surface area contributed by atoms with Crippen LogP contribution in [-0.2, 0) is 5.33 Å². The van der Waals surface area contributed by atoms with E-state index in [0.29, 0.717) is 11.2 Å². The van der Waals surface area contributed by atoms with Gasteiger partial charge >= 0.3 is 5.97 Å². The van der Waals surface area contributed by atoms with Crippen LogP contribution in [0.15, 0.2) is 12.3 Å². The fraction of sp³-hybridized carbons (Fsp3) is 0.167. The fourth-order valence-electron chi connectivity index (χ4n) is 0.583. The lowest BCUT2D eigenvalue weighted by molar-refractivity contribution is 0.0690. The van der Waals surface area contributed by atoms with Crippen molar-refractivity contribution < 1.29 is 9.90 Å². The third kappa shape index (κ3) is 1.98. The highest BCUT2D eigenvalue weighted by Crippen LogP contribution is 1.99. The lowest BCUT2D eigenvalue weighted by Crippen LogP contribution is -2.02. The Kier molecular flexibility index (Phi) is 2.53. The number of halogens is 1. The first-order valence-corrected chi connectivity index (χ1v) is 3.97. The van der Waals surface area contributed by atoms with E-state index in [4.69, 9.17) is 5.11 Å². The number of hydrogen-bond acceptors (Lipinski definition) is 3. The summed E-state index contributed by atoms with van der Waals surface area (Å²) in [6.45, 7) is 0. The number of carboxylic acid groups (broad SMARTS) is 1. The van der Waals surface area contributed by atoms with E-state index in [-0.39, 0.29) is 5.69 Å². The van der Waals surface area contributed by atoms with Gasteiger partial charge in [0.25, 0.3) is 0 Å². The van der Waals surface area contributed by atoms with Crippen molar-refractivity contribution in [3.8, 4) is 0 Å². The van der Waals surface area contributed by atoms with Gasteiger partial charge in [-0.15, -0.1) is 0 Å². The van der Waals surface area contributed by atoms with Crippen LogP contribution in [0.1, 0.15) is 16.3 Å². The van der Waals surface area contributed by atoms with E-state index in [9.17, 15) is 4.79 Å². The van der Waals surface area contributed by atoms with Gasteiger partial charge in [-0.1, -0.05) is 15.9 Å². The van der Waals surface area contributed by atoms with Crippen LogP contribution < -0.4 is 0 Å². The van der Waals surface area contributed by atoms with Gasteiger partial charge in [0.1, 0.15) is 5.82 Å². The Morgan fingerprint density at radius 3 is 3.00 bits per heavy atom. The van der Waals surface area contributed by atoms with Crippen LogP contribution in [0.4, 0.5) is 0 Å². The molecule has 0 fully saturated rings. The molecule has 1 rings (SSSR count). The first kappa shape index (κ1) is 8.13. The molecule has 0 saturated carbocycles. The molecule has 4 nitrogen and oxygen atoms in total. The molecule has 0 unspecified atom stereocenters. The van der Waals surface area contributed by atoms with Crippen LogP contribution in [0.25, 0.3) is 0 Å². The second-order valence-corrected chi connectivity index (χ2v) is 2.36. The van der Waals surface area contributed by atoms with E-state index < -0.39 is 5.97 Å². The lowest BCUT2D eigenvalue weighted by atomic mass is 10.4. The molecule has 1 aromatic heterocycles. The van der Waals surface area contributed by atoms with Crippen molar-refractivity contribution in [2.75, 3.05) is 0 Å². The topological polar surface area (TPSA) is 63.1 Å². The van der Waals surface area contributed by atoms with Gasteiger partial charge in [0.05, 0.1) is 5.33 Å². The molecule has 0 bridgehead atoms. The van der Waals surface area contributed by atoms with Crippen molar-refractivity contribution >= 4 is 21.9 Å². The standard InChI is InChI=1S/C6H5BrN2O2/c7-3-5-8-2-1-4(9-5)6(10)11/h1-2H,3H2,(H,10,11). The molecule has 11 heavy (non-hydrogen) atoms. The first-order valence-electron chi connectivity index (χ1n) is 2.85. The summed E-state index contributed by atoms with van der Waals surface area (Å²) in [5.74, 6) is -0.556. The van der Waals surface area contributed by atoms with Crippen molar-refractivity contribution in [1.29, 1.82) is 0 Å². The molecule has 0 atom stereocenters. The Labute approximate surface area is 71.4 Å². The van der Waals surface area contributed by atoms with Crippen molar-refractivity contribution in [3.63, 3.8) is 0 Å². The molecule has 0 saturated heterocycles. The van der Waals surface area contributed by atoms with Gasteiger partial charge in [0.15, 0.2) is 5.69 Å². The maximum Gasteiger partial charge on any atom is 0.354 e. The zero-order valence-electron chi connectivity index (χ0n) is 5.49. The second-order valence-electron chi connectivity index (χ2n) is 1.80. The third-order valence-corrected chi connectivity index (χ3v) is 1.55. The minimum atomic E-state index is -1.03. The number of carbonyl (C=O) groups is 1. The van der Waals surface area contributed by atoms with Gasteiger partial charge in [-0.2, -0.15) is 0 Å². The lowest BCUT2D eigenvalue weighted by Gasteiger charge is -1.94. The molecular weight excluding hydrogens is 212 g/mol. The highest BCUT2D eigenvalue weighted by atomic mass is 79.9. The molecule has 0 amide bonds. The number of aromatic nitrogens is 2. The Balaban J connectivity index is 3.01. The predicted octanol–water partition coefficient (Wildman–Crippen LogP) is 1.07. The van der Waals surface area contributed by atoms with Crippen LogP contribution in [0.3, 0.4) is 0 Å². The number of rotatable bonds is 2. The van der Waals surface area contributed by atoms with Crippen LogP contribution in [0, 0.1) is 0 Å². The number of hydrogen-bond donors (Lipinski definition) is 1. The van der Waals surface area contributed by atoms with Gasteiger partial charge in [0, 0.05) is 6.20 Å². The van der Waals surface area contributed by atoms with Gasteiger partial charge in [0.2, 0.25) is 0 Å². The van der Waals surface area contributed by atoms with Crippen LogP contribution in [0.2, 0.25) is 0 Å². The average molecular weight is 217 g/mol. The quantitative estimate of drug-likeness (QED) is 0.752. The van der Waals surface area contributed by atoms with E-state index in [1.54, 1.807) is 0 Å². The maximum absolute atomic E-state index is 10.4. The fourth-order valence-corrected chi connectivity index (χ4v) is 0.853. The summed E-state index contributed by atoms with van der Waals surface area (Å²) < 4.78 is 0. The van der Waals surface area contributed by atoms with Crippen molar-refractivity contribution in [1.82, 2.24) is 9.97 Å². The van der Waals surface area contributed by atoms with E-state index in [1.807, 2.05) is 0 Å². The molecule has 0 aliphatic rings. The van der Waals surface area contributed by atoms with Gasteiger partial charge in [-0.25, -0.2) is 14.8 Å². The number of carboxylic acids is 1. The zero-order chi connectivity index (χ0) is 8.27. The van der Waals surface area contributed by atoms with Gasteiger partial charge in [-0.05, 0) is 6.07 Å². The largest absolute Gasteiger partial charge is 0.477 e. The van der Waals surface area contributed by atoms with Crippen molar-refractivity contribution in [3.05, 3.63) is 23.8 Å². The summed E-state index contributed by atoms with van der Waals surface area (Å²) in [6.07, 6.45) is 1.42. The summed E-state index contributed by atoms with van der Waals surface area (Å²) in [4.78, 5) is 17.9. The number of nitrogens with zero attached hydrogens (tertiary/aromatic N) is 2. The summed E-state index contributed by atoms with van der Waals surface area (Å²) in [5.41, 5.74) is 0.0226. The summed E-state index contributed by atoms with van der Waals surface area (Å²) in [7, 11) is 0. The first-order chi connectivity index (χ1) is 5.24. The molecule has 0 radical (unpaired) electrons. The van der Waals surface area contributed by atoms with Crippen LogP contribution >= 0.6 is 15.9 Å². The Morgan fingerprint density at radius 2 is 2.45 bits per heavy atom. The minimum absolute atomic E-state index is 0.0226. The normalized spacial score (nSPS) is 9.55. The zero-order valence-corrected chi connectivity index (χ0v) is 7.08. The van der Waals surface area contributed by atoms with Crippen LogP contribution in [-0.4, -0.2) is 21.0 Å². The van der Waals surface area contributed by atoms with Crippen molar-refractivity contribution in [2.24, 2.45) is 0 Å². The maximum atomic E-state index is 10.4. The SMILES string of the molecule is O=C(O)c1ccnc(CBr)n1. The van der Waals surface area contributed by atoms with Gasteiger partial charge in [-0.3, -0.25) is 0 Å². The molecule has 5 heteroatoms. The summed E-state index contributed by atoms with van der Waals surface area (Å²) in [5, 5.41) is 8.97. The molecule has 1 aromatic rings. The molecular formula is C6H5BrN2O2. The van der Waals surface area contributed by atoms with Gasteiger partial charge < -0.3 is 5.11 Å². The smallest absolute Gasteiger partial charge is 0.354 e. The predicted molar refractivity (Wildman–Crippen MR) is 41.6 cm³/mol. The molecule has 0 spiro atoms. The van der Waals surface area contributed by atoms with Crippen LogP contribution in [0.5, 0.6) is 0 Å². The average Bonchev–Trinajstić information content (AvgIpc) is 2.05. The number of alkyl halides is 1. The Bertz CT molecular complexity index is 277. The minimum Gasteiger partial charge on any atom is -0.477 e. The molecule has 1 heterocycles. The Morgan fingerprint density at radius 1 is 1.73 bits per heavy atom. The van der Waals surface area contributed by atoms with E-state index >= 15 is 0 Å². The van der Waals surface area contributed by atoms with E-state index in [0.717, 1.165) is 0 Å². The molecule has 0 aromatic carbocycles. The highest BCUT2D eigenvalue weighted by molar-refractivity contribution is 9.08. The summed E-state index contributed by atoms with van der Waals surface area (Å²) >= 11 is 3.12. The second kappa shape index (κ2) is 3.43. The van der Waals surface area contributed by atoms with Crippen molar-refractivity contribution in [2.45, 2.75) is 5.33 Å². The number of aromatic carboxylic acids is 1. The highest BCUT2D eigenvalue weighted by Gasteiger charge is 2.04. The molecule has 58 valence electrons. The Hall–Kier alpha value is -0.970. The monoisotopic (exact) mass is 216 g/mol.